The fourth-order valence-electron chi connectivity index (χ4n) is 1.66. The van der Waals surface area contributed by atoms with Gasteiger partial charge in [0.2, 0.25) is 0 Å². The molecule has 0 amide bonds. The first-order valence-electron chi connectivity index (χ1n) is 6.43. The Bertz CT molecular complexity index is 509. The van der Waals surface area contributed by atoms with Crippen molar-refractivity contribution in [3.8, 4) is 0 Å². The van der Waals surface area contributed by atoms with Crippen LogP contribution in [-0.4, -0.2) is 33.8 Å². The fourth-order valence-corrected chi connectivity index (χ4v) is 1.66. The number of nitrogens with one attached hydrogen (secondary N) is 2. The molecule has 0 saturated carbocycles. The number of aromatic nitrogens is 4. The summed E-state index contributed by atoms with van der Waals surface area (Å²) in [5.74, 6) is 2.14. The summed E-state index contributed by atoms with van der Waals surface area (Å²) >= 11 is 0. The van der Waals surface area contributed by atoms with Gasteiger partial charge in [0.15, 0.2) is 5.82 Å². The summed E-state index contributed by atoms with van der Waals surface area (Å²) in [6, 6.07) is 5.62. The van der Waals surface area contributed by atoms with E-state index in [9.17, 15) is 0 Å². The van der Waals surface area contributed by atoms with Gasteiger partial charge in [-0.05, 0) is 19.1 Å². The van der Waals surface area contributed by atoms with E-state index in [1.807, 2.05) is 25.1 Å². The second kappa shape index (κ2) is 7.34. The summed E-state index contributed by atoms with van der Waals surface area (Å²) in [5.41, 5.74) is 0.851. The van der Waals surface area contributed by atoms with Gasteiger partial charge in [-0.3, -0.25) is 0 Å². The Balaban J connectivity index is 2.09. The van der Waals surface area contributed by atoms with Crippen molar-refractivity contribution in [2.45, 2.75) is 20.1 Å². The van der Waals surface area contributed by atoms with Crippen LogP contribution in [0.4, 0.5) is 11.6 Å². The average molecular weight is 274 g/mol. The van der Waals surface area contributed by atoms with Crippen LogP contribution in [0.1, 0.15) is 18.4 Å². The number of rotatable bonds is 7. The molecule has 2 aromatic heterocycles. The number of hydrogen-bond donors (Lipinski definition) is 2. The van der Waals surface area contributed by atoms with Gasteiger partial charge < -0.3 is 15.4 Å². The molecule has 0 aliphatic rings. The summed E-state index contributed by atoms with van der Waals surface area (Å²) < 4.78 is 5.08. The fraction of sp³-hybridized carbons (Fsp3) is 0.385. The number of hydrogen-bond acceptors (Lipinski definition) is 7. The molecule has 0 aliphatic carbocycles. The highest BCUT2D eigenvalue weighted by molar-refractivity contribution is 5.47. The Kier molecular flexibility index (Phi) is 5.19. The van der Waals surface area contributed by atoms with E-state index in [0.717, 1.165) is 23.9 Å². The van der Waals surface area contributed by atoms with Crippen LogP contribution < -0.4 is 10.6 Å². The van der Waals surface area contributed by atoms with Gasteiger partial charge in [0, 0.05) is 25.9 Å². The van der Waals surface area contributed by atoms with E-state index in [0.29, 0.717) is 19.0 Å². The van der Waals surface area contributed by atoms with Gasteiger partial charge in [0.1, 0.15) is 18.2 Å². The highest BCUT2D eigenvalue weighted by atomic mass is 16.5. The van der Waals surface area contributed by atoms with Crippen LogP contribution in [0.3, 0.4) is 0 Å². The lowest BCUT2D eigenvalue weighted by Gasteiger charge is -2.10. The summed E-state index contributed by atoms with van der Waals surface area (Å²) in [6.45, 7) is 3.75. The SMILES string of the molecule is CCNc1cc(NCc2cccnn2)nc(COC)n1. The second-order valence-electron chi connectivity index (χ2n) is 4.09. The number of anilines is 2. The van der Waals surface area contributed by atoms with Crippen molar-refractivity contribution in [3.63, 3.8) is 0 Å². The first-order chi connectivity index (χ1) is 9.81. The molecule has 0 unspecified atom stereocenters. The summed E-state index contributed by atoms with van der Waals surface area (Å²) in [6.07, 6.45) is 1.65. The van der Waals surface area contributed by atoms with E-state index >= 15 is 0 Å². The Labute approximate surface area is 117 Å². The van der Waals surface area contributed by atoms with Crippen LogP contribution in [0.5, 0.6) is 0 Å². The first-order valence-corrected chi connectivity index (χ1v) is 6.43. The maximum Gasteiger partial charge on any atom is 0.158 e. The zero-order chi connectivity index (χ0) is 14.2. The highest BCUT2D eigenvalue weighted by Gasteiger charge is 2.04. The first kappa shape index (κ1) is 14.1. The third-order valence-electron chi connectivity index (χ3n) is 2.48. The predicted octanol–water partition coefficient (Wildman–Crippen LogP) is 1.46. The maximum atomic E-state index is 5.08. The smallest absolute Gasteiger partial charge is 0.158 e. The molecule has 0 saturated heterocycles. The quantitative estimate of drug-likeness (QED) is 0.790. The van der Waals surface area contributed by atoms with Crippen LogP contribution in [0.25, 0.3) is 0 Å². The third kappa shape index (κ3) is 4.13. The maximum absolute atomic E-state index is 5.08. The van der Waals surface area contributed by atoms with E-state index in [-0.39, 0.29) is 0 Å². The minimum absolute atomic E-state index is 0.374. The Morgan fingerprint density at radius 3 is 2.65 bits per heavy atom. The molecule has 0 radical (unpaired) electrons. The van der Waals surface area contributed by atoms with Crippen LogP contribution >= 0.6 is 0 Å². The van der Waals surface area contributed by atoms with Crippen LogP contribution in [-0.2, 0) is 17.9 Å². The Morgan fingerprint density at radius 2 is 2.00 bits per heavy atom. The topological polar surface area (TPSA) is 84.9 Å². The molecule has 0 atom stereocenters. The van der Waals surface area contributed by atoms with Crippen LogP contribution in [0.2, 0.25) is 0 Å². The average Bonchev–Trinajstić information content (AvgIpc) is 2.47. The lowest BCUT2D eigenvalue weighted by atomic mass is 10.4. The van der Waals surface area contributed by atoms with Gasteiger partial charge in [-0.25, -0.2) is 9.97 Å². The van der Waals surface area contributed by atoms with E-state index in [1.165, 1.54) is 0 Å². The summed E-state index contributed by atoms with van der Waals surface area (Å²) in [4.78, 5) is 8.74. The molecule has 0 bridgehead atoms. The zero-order valence-electron chi connectivity index (χ0n) is 11.6. The molecule has 2 heterocycles. The molecule has 0 fully saturated rings. The van der Waals surface area contributed by atoms with Crippen molar-refractivity contribution in [1.29, 1.82) is 0 Å². The molecule has 20 heavy (non-hydrogen) atoms. The van der Waals surface area contributed by atoms with Crippen molar-refractivity contribution < 1.29 is 4.74 Å². The number of methoxy groups -OCH3 is 1. The molecule has 2 rings (SSSR count). The van der Waals surface area contributed by atoms with Gasteiger partial charge >= 0.3 is 0 Å². The van der Waals surface area contributed by atoms with Gasteiger partial charge in [0.25, 0.3) is 0 Å². The Hall–Kier alpha value is -2.28. The van der Waals surface area contributed by atoms with Crippen molar-refractivity contribution in [1.82, 2.24) is 20.2 Å². The predicted molar refractivity (Wildman–Crippen MR) is 76.3 cm³/mol. The van der Waals surface area contributed by atoms with Crippen molar-refractivity contribution in [2.75, 3.05) is 24.3 Å². The molecule has 0 spiro atoms. The monoisotopic (exact) mass is 274 g/mol. The molecular weight excluding hydrogens is 256 g/mol. The summed E-state index contributed by atoms with van der Waals surface area (Å²) in [7, 11) is 1.62. The van der Waals surface area contributed by atoms with E-state index in [1.54, 1.807) is 13.3 Å². The van der Waals surface area contributed by atoms with Crippen molar-refractivity contribution in [3.05, 3.63) is 35.9 Å². The molecule has 0 aromatic carbocycles. The standard InChI is InChI=1S/C13H18N6O/c1-3-14-11-7-12(18-13(17-11)9-20-2)15-8-10-5-4-6-16-19-10/h4-7H,3,8-9H2,1-2H3,(H2,14,15,17,18). The molecule has 0 aliphatic heterocycles. The van der Waals surface area contributed by atoms with Gasteiger partial charge in [-0.1, -0.05) is 0 Å². The van der Waals surface area contributed by atoms with Gasteiger partial charge in [-0.2, -0.15) is 10.2 Å². The molecule has 7 heteroatoms. The minimum Gasteiger partial charge on any atom is -0.377 e. The lowest BCUT2D eigenvalue weighted by molar-refractivity contribution is 0.178. The molecule has 2 aromatic rings. The molecular formula is C13H18N6O. The third-order valence-corrected chi connectivity index (χ3v) is 2.48. The summed E-state index contributed by atoms with van der Waals surface area (Å²) in [5, 5.41) is 14.2. The van der Waals surface area contributed by atoms with E-state index in [2.05, 4.69) is 30.8 Å². The largest absolute Gasteiger partial charge is 0.377 e. The number of nitrogens with zero attached hydrogens (tertiary/aromatic N) is 4. The van der Waals surface area contributed by atoms with Crippen molar-refractivity contribution in [2.24, 2.45) is 0 Å². The molecule has 2 N–H and O–H groups in total. The lowest BCUT2D eigenvalue weighted by Crippen LogP contribution is -2.09. The molecule has 106 valence electrons. The van der Waals surface area contributed by atoms with Gasteiger partial charge in [0.05, 0.1) is 12.2 Å². The Morgan fingerprint density at radius 1 is 1.20 bits per heavy atom. The zero-order valence-corrected chi connectivity index (χ0v) is 11.6. The molecule has 7 nitrogen and oxygen atoms in total. The normalized spacial score (nSPS) is 10.3. The second-order valence-corrected chi connectivity index (χ2v) is 4.09. The van der Waals surface area contributed by atoms with Gasteiger partial charge in [-0.15, -0.1) is 0 Å². The van der Waals surface area contributed by atoms with Crippen molar-refractivity contribution >= 4 is 11.6 Å². The minimum atomic E-state index is 0.374. The van der Waals surface area contributed by atoms with E-state index in [4.69, 9.17) is 4.74 Å². The number of ether oxygens (including phenoxy) is 1. The van der Waals surface area contributed by atoms with E-state index < -0.39 is 0 Å². The van der Waals surface area contributed by atoms with Crippen LogP contribution in [0, 0.1) is 0 Å². The van der Waals surface area contributed by atoms with Crippen LogP contribution in [0.15, 0.2) is 24.4 Å². The highest BCUT2D eigenvalue weighted by Crippen LogP contribution is 2.12.